The standard InChI is InChI=1S/C7H16NO4P/c1-2-4-7(9)8-5-3-6-13(10,11)12/h2-6H2,1H3,(H,8,9)(H2,10,11,12). The van der Waals surface area contributed by atoms with Crippen molar-refractivity contribution in [2.45, 2.75) is 26.2 Å². The largest absolute Gasteiger partial charge is 0.356 e. The number of hydrogen-bond acceptors (Lipinski definition) is 2. The van der Waals surface area contributed by atoms with Crippen LogP contribution in [0.15, 0.2) is 0 Å². The predicted molar refractivity (Wildman–Crippen MR) is 49.4 cm³/mol. The maximum Gasteiger partial charge on any atom is 0.325 e. The van der Waals surface area contributed by atoms with Gasteiger partial charge >= 0.3 is 7.60 Å². The first-order valence-electron chi connectivity index (χ1n) is 4.27. The summed E-state index contributed by atoms with van der Waals surface area (Å²) in [6.07, 6.45) is 1.40. The van der Waals surface area contributed by atoms with Crippen LogP contribution in [0, 0.1) is 0 Å². The van der Waals surface area contributed by atoms with E-state index in [1.807, 2.05) is 6.92 Å². The second-order valence-corrected chi connectivity index (χ2v) is 4.62. The third-order valence-corrected chi connectivity index (χ3v) is 2.32. The van der Waals surface area contributed by atoms with Crippen LogP contribution in [-0.4, -0.2) is 28.4 Å². The average molecular weight is 209 g/mol. The number of amides is 1. The molecule has 78 valence electrons. The monoisotopic (exact) mass is 209 g/mol. The topological polar surface area (TPSA) is 86.6 Å². The van der Waals surface area contributed by atoms with Gasteiger partial charge < -0.3 is 15.1 Å². The van der Waals surface area contributed by atoms with Gasteiger partial charge in [-0.1, -0.05) is 6.92 Å². The fourth-order valence-electron chi connectivity index (χ4n) is 0.828. The van der Waals surface area contributed by atoms with Crippen molar-refractivity contribution in [3.05, 3.63) is 0 Å². The van der Waals surface area contributed by atoms with E-state index in [0.717, 1.165) is 6.42 Å². The van der Waals surface area contributed by atoms with Crippen molar-refractivity contribution >= 4 is 13.5 Å². The van der Waals surface area contributed by atoms with Gasteiger partial charge in [0, 0.05) is 13.0 Å². The van der Waals surface area contributed by atoms with Gasteiger partial charge in [0.05, 0.1) is 6.16 Å². The van der Waals surface area contributed by atoms with Crippen LogP contribution in [0.1, 0.15) is 26.2 Å². The second-order valence-electron chi connectivity index (χ2n) is 2.84. The summed E-state index contributed by atoms with van der Waals surface area (Å²) in [6.45, 7) is 2.24. The average Bonchev–Trinajstić information content (AvgIpc) is 1.97. The Bertz CT molecular complexity index is 201. The third kappa shape index (κ3) is 9.53. The number of nitrogens with one attached hydrogen (secondary N) is 1. The minimum absolute atomic E-state index is 0.0618. The molecule has 0 saturated heterocycles. The quantitative estimate of drug-likeness (QED) is 0.438. The number of rotatable bonds is 6. The molecule has 0 fully saturated rings. The summed E-state index contributed by atoms with van der Waals surface area (Å²) in [7, 11) is -3.89. The van der Waals surface area contributed by atoms with E-state index < -0.39 is 7.60 Å². The minimum Gasteiger partial charge on any atom is -0.356 e. The van der Waals surface area contributed by atoms with Crippen LogP contribution in [0.4, 0.5) is 0 Å². The first-order chi connectivity index (χ1) is 5.95. The van der Waals surface area contributed by atoms with Crippen molar-refractivity contribution in [1.29, 1.82) is 0 Å². The predicted octanol–water partition coefficient (Wildman–Crippen LogP) is 0.470. The maximum atomic E-state index is 10.9. The van der Waals surface area contributed by atoms with Gasteiger partial charge in [-0.2, -0.15) is 0 Å². The molecule has 0 bridgehead atoms. The van der Waals surface area contributed by atoms with Crippen LogP contribution in [0.5, 0.6) is 0 Å². The summed E-state index contributed by atoms with van der Waals surface area (Å²) in [5.74, 6) is -0.0618. The first kappa shape index (κ1) is 12.6. The van der Waals surface area contributed by atoms with E-state index in [9.17, 15) is 9.36 Å². The lowest BCUT2D eigenvalue weighted by Crippen LogP contribution is -2.24. The normalized spacial score (nSPS) is 11.3. The summed E-state index contributed by atoms with van der Waals surface area (Å²) in [4.78, 5) is 27.8. The zero-order chi connectivity index (χ0) is 10.3. The van der Waals surface area contributed by atoms with Gasteiger partial charge in [-0.25, -0.2) is 0 Å². The molecule has 0 aromatic heterocycles. The number of carbonyl (C=O) groups excluding carboxylic acids is 1. The smallest absolute Gasteiger partial charge is 0.325 e. The van der Waals surface area contributed by atoms with Crippen molar-refractivity contribution in [1.82, 2.24) is 5.32 Å². The van der Waals surface area contributed by atoms with Crippen molar-refractivity contribution in [3.8, 4) is 0 Å². The third-order valence-electron chi connectivity index (χ3n) is 1.43. The summed E-state index contributed by atoms with van der Waals surface area (Å²) < 4.78 is 10.4. The maximum absolute atomic E-state index is 10.9. The summed E-state index contributed by atoms with van der Waals surface area (Å²) >= 11 is 0. The summed E-state index contributed by atoms with van der Waals surface area (Å²) in [5, 5.41) is 2.57. The molecule has 3 N–H and O–H groups in total. The number of hydrogen-bond donors (Lipinski definition) is 3. The highest BCUT2D eigenvalue weighted by atomic mass is 31.2. The highest BCUT2D eigenvalue weighted by Crippen LogP contribution is 2.34. The van der Waals surface area contributed by atoms with Crippen LogP contribution in [0.3, 0.4) is 0 Å². The highest BCUT2D eigenvalue weighted by Gasteiger charge is 2.11. The Morgan fingerprint density at radius 2 is 2.08 bits per heavy atom. The Balaban J connectivity index is 3.36. The molecule has 0 unspecified atom stereocenters. The van der Waals surface area contributed by atoms with Gasteiger partial charge in [-0.15, -0.1) is 0 Å². The van der Waals surface area contributed by atoms with Gasteiger partial charge in [0.1, 0.15) is 0 Å². The van der Waals surface area contributed by atoms with Crippen molar-refractivity contribution < 1.29 is 19.1 Å². The Hall–Kier alpha value is -0.380. The van der Waals surface area contributed by atoms with Gasteiger partial charge in [0.25, 0.3) is 0 Å². The molecule has 1 amide bonds. The second kappa shape index (κ2) is 6.13. The Labute approximate surface area is 77.7 Å². The van der Waals surface area contributed by atoms with Crippen LogP contribution in [-0.2, 0) is 9.36 Å². The van der Waals surface area contributed by atoms with Crippen LogP contribution in [0.25, 0.3) is 0 Å². The summed E-state index contributed by atoms with van der Waals surface area (Å²) in [6, 6.07) is 0. The van der Waals surface area contributed by atoms with Crippen LogP contribution < -0.4 is 5.32 Å². The molecule has 0 aliphatic carbocycles. The molecule has 0 atom stereocenters. The fraction of sp³-hybridized carbons (Fsp3) is 0.857. The van der Waals surface area contributed by atoms with E-state index in [0.29, 0.717) is 19.4 Å². The van der Waals surface area contributed by atoms with Gasteiger partial charge in [0.15, 0.2) is 0 Å². The summed E-state index contributed by atoms with van der Waals surface area (Å²) in [5.41, 5.74) is 0. The van der Waals surface area contributed by atoms with Gasteiger partial charge in [0.2, 0.25) is 5.91 Å². The molecule has 0 radical (unpaired) electrons. The van der Waals surface area contributed by atoms with Crippen molar-refractivity contribution in [3.63, 3.8) is 0 Å². The Morgan fingerprint density at radius 1 is 1.46 bits per heavy atom. The molecule has 0 heterocycles. The van der Waals surface area contributed by atoms with E-state index in [1.165, 1.54) is 0 Å². The highest BCUT2D eigenvalue weighted by molar-refractivity contribution is 7.51. The lowest BCUT2D eigenvalue weighted by Gasteiger charge is -2.05. The fourth-order valence-corrected chi connectivity index (χ4v) is 1.40. The Morgan fingerprint density at radius 3 is 2.54 bits per heavy atom. The van der Waals surface area contributed by atoms with E-state index in [2.05, 4.69) is 5.32 Å². The van der Waals surface area contributed by atoms with E-state index >= 15 is 0 Å². The minimum atomic E-state index is -3.89. The van der Waals surface area contributed by atoms with Crippen molar-refractivity contribution in [2.75, 3.05) is 12.7 Å². The molecule has 0 aliphatic heterocycles. The lowest BCUT2D eigenvalue weighted by atomic mass is 10.3. The molecular formula is C7H16NO4P. The van der Waals surface area contributed by atoms with E-state index in [4.69, 9.17) is 9.79 Å². The van der Waals surface area contributed by atoms with E-state index in [-0.39, 0.29) is 12.1 Å². The van der Waals surface area contributed by atoms with Gasteiger partial charge in [-0.3, -0.25) is 9.36 Å². The molecule has 13 heavy (non-hydrogen) atoms. The molecule has 0 saturated carbocycles. The number of carbonyl (C=O) groups is 1. The van der Waals surface area contributed by atoms with Crippen molar-refractivity contribution in [2.24, 2.45) is 0 Å². The molecule has 0 aromatic rings. The molecule has 0 spiro atoms. The van der Waals surface area contributed by atoms with Crippen LogP contribution >= 0.6 is 7.60 Å². The molecular weight excluding hydrogens is 193 g/mol. The molecule has 0 rings (SSSR count). The first-order valence-corrected chi connectivity index (χ1v) is 6.06. The van der Waals surface area contributed by atoms with Gasteiger partial charge in [-0.05, 0) is 12.8 Å². The molecule has 0 aliphatic rings. The van der Waals surface area contributed by atoms with E-state index in [1.54, 1.807) is 0 Å². The zero-order valence-corrected chi connectivity index (χ0v) is 8.59. The zero-order valence-electron chi connectivity index (χ0n) is 7.69. The van der Waals surface area contributed by atoms with Crippen LogP contribution in [0.2, 0.25) is 0 Å². The molecule has 5 nitrogen and oxygen atoms in total. The molecule has 6 heteroatoms. The Kier molecular flexibility index (Phi) is 5.95. The lowest BCUT2D eigenvalue weighted by molar-refractivity contribution is -0.121. The molecule has 0 aromatic carbocycles. The SMILES string of the molecule is CCCC(=O)NCCCP(=O)(O)O.